The summed E-state index contributed by atoms with van der Waals surface area (Å²) in [7, 11) is 0. The zero-order valence-electron chi connectivity index (χ0n) is 17.0. The maximum absolute atomic E-state index is 12.4. The molecule has 0 aliphatic carbocycles. The maximum Gasteiger partial charge on any atom is 0.338 e. The third-order valence-electron chi connectivity index (χ3n) is 4.89. The van der Waals surface area contributed by atoms with Gasteiger partial charge in [0, 0.05) is 0 Å². The number of hydrogen-bond donors (Lipinski definition) is 9. The first-order valence-corrected chi connectivity index (χ1v) is 9.48. The van der Waals surface area contributed by atoms with Crippen LogP contribution in [0.2, 0.25) is 0 Å². The Labute approximate surface area is 189 Å². The minimum absolute atomic E-state index is 0.381. The van der Waals surface area contributed by atoms with Gasteiger partial charge >= 0.3 is 11.9 Å². The lowest BCUT2D eigenvalue weighted by molar-refractivity contribution is -0.285. The van der Waals surface area contributed by atoms with Crippen LogP contribution >= 0.6 is 0 Å². The van der Waals surface area contributed by atoms with Gasteiger partial charge in [0.25, 0.3) is 0 Å². The van der Waals surface area contributed by atoms with E-state index in [1.165, 1.54) is 0 Å². The lowest BCUT2D eigenvalue weighted by Crippen LogP contribution is -2.60. The van der Waals surface area contributed by atoms with Crippen molar-refractivity contribution in [3.63, 3.8) is 0 Å². The lowest BCUT2D eigenvalue weighted by atomic mass is 9.99. The number of benzene rings is 2. The molecule has 0 amide bonds. The van der Waals surface area contributed by atoms with Crippen LogP contribution in [0.25, 0.3) is 0 Å². The zero-order chi connectivity index (χ0) is 25.3. The number of phenols is 6. The molecule has 1 aliphatic rings. The Bertz CT molecular complexity index is 1050. The summed E-state index contributed by atoms with van der Waals surface area (Å²) in [6, 6.07) is 3.07. The van der Waals surface area contributed by atoms with E-state index in [0.29, 0.717) is 0 Å². The summed E-state index contributed by atoms with van der Waals surface area (Å²) in [5.74, 6) is -7.48. The highest BCUT2D eigenvalue weighted by Gasteiger charge is 2.47. The topological polar surface area (TPSA) is 244 Å². The number of rotatable bonds is 5. The van der Waals surface area contributed by atoms with E-state index in [1.807, 2.05) is 0 Å². The van der Waals surface area contributed by atoms with Crippen LogP contribution in [-0.2, 0) is 14.2 Å². The summed E-state index contributed by atoms with van der Waals surface area (Å²) in [4.78, 5) is 24.5. The predicted octanol–water partition coefficient (Wildman–Crippen LogP) is -1.26. The van der Waals surface area contributed by atoms with E-state index >= 15 is 0 Å². The van der Waals surface area contributed by atoms with Gasteiger partial charge in [-0.15, -0.1) is 0 Å². The average molecular weight is 484 g/mol. The summed E-state index contributed by atoms with van der Waals surface area (Å²) >= 11 is 0. The third-order valence-corrected chi connectivity index (χ3v) is 4.89. The zero-order valence-corrected chi connectivity index (χ0v) is 17.0. The largest absolute Gasteiger partial charge is 0.504 e. The number of phenolic OH excluding ortho intramolecular Hbond substituents is 6. The second-order valence-electron chi connectivity index (χ2n) is 7.24. The number of aliphatic hydroxyl groups excluding tert-OH is 3. The number of hydrogen-bond acceptors (Lipinski definition) is 14. The van der Waals surface area contributed by atoms with Gasteiger partial charge in [-0.3, -0.25) is 0 Å². The van der Waals surface area contributed by atoms with Crippen molar-refractivity contribution in [1.29, 1.82) is 0 Å². The lowest BCUT2D eigenvalue weighted by Gasteiger charge is -2.39. The van der Waals surface area contributed by atoms with E-state index in [4.69, 9.17) is 14.2 Å². The van der Waals surface area contributed by atoms with Crippen molar-refractivity contribution < 1.29 is 69.8 Å². The minimum Gasteiger partial charge on any atom is -0.504 e. The van der Waals surface area contributed by atoms with Gasteiger partial charge in [-0.05, 0) is 24.3 Å². The molecule has 0 saturated carbocycles. The molecule has 1 aliphatic heterocycles. The average Bonchev–Trinajstić information content (AvgIpc) is 2.79. The molecule has 14 nitrogen and oxygen atoms in total. The van der Waals surface area contributed by atoms with E-state index in [2.05, 4.69) is 0 Å². The van der Waals surface area contributed by atoms with E-state index in [1.54, 1.807) is 0 Å². The van der Waals surface area contributed by atoms with Crippen LogP contribution in [0.4, 0.5) is 0 Å². The van der Waals surface area contributed by atoms with Gasteiger partial charge in [-0.25, -0.2) is 9.59 Å². The van der Waals surface area contributed by atoms with Crippen molar-refractivity contribution in [2.24, 2.45) is 0 Å². The standard InChI is InChI=1S/C20H20O14/c21-8-1-6(2-9(22)13(8)25)18(29)32-5-12-15(27)17(16(28)20(31)33-12)34-19(30)7-3-10(23)14(26)11(24)4-7/h1-4,12,15-17,20-28,31H,5H2/t12-,15+,16-,17-,20+/m0/s1. The van der Waals surface area contributed by atoms with Crippen LogP contribution in [0.1, 0.15) is 20.7 Å². The summed E-state index contributed by atoms with van der Waals surface area (Å²) in [6.07, 6.45) is -9.14. The molecule has 0 radical (unpaired) electrons. The summed E-state index contributed by atoms with van der Waals surface area (Å²) < 4.78 is 14.8. The predicted molar refractivity (Wildman–Crippen MR) is 105 cm³/mol. The molecule has 5 atom stereocenters. The summed E-state index contributed by atoms with van der Waals surface area (Å²) in [5, 5.41) is 87.1. The van der Waals surface area contributed by atoms with E-state index in [0.717, 1.165) is 24.3 Å². The van der Waals surface area contributed by atoms with Gasteiger partial charge in [-0.2, -0.15) is 0 Å². The summed E-state index contributed by atoms with van der Waals surface area (Å²) in [5.41, 5.74) is -0.850. The molecule has 184 valence electrons. The van der Waals surface area contributed by atoms with Crippen LogP contribution in [0, 0.1) is 0 Å². The first-order chi connectivity index (χ1) is 15.9. The second kappa shape index (κ2) is 9.48. The Morgan fingerprint density at radius 1 is 0.735 bits per heavy atom. The highest BCUT2D eigenvalue weighted by atomic mass is 16.7. The number of carbonyl (C=O) groups is 2. The number of aliphatic hydroxyl groups is 3. The van der Waals surface area contributed by atoms with E-state index < -0.39 is 89.3 Å². The van der Waals surface area contributed by atoms with Gasteiger partial charge in [0.2, 0.25) is 0 Å². The molecule has 1 heterocycles. The maximum atomic E-state index is 12.4. The Hall–Kier alpha value is -3.98. The molecule has 1 saturated heterocycles. The molecule has 0 unspecified atom stereocenters. The first-order valence-electron chi connectivity index (χ1n) is 9.48. The Morgan fingerprint density at radius 2 is 1.18 bits per heavy atom. The minimum atomic E-state index is -1.99. The number of ether oxygens (including phenoxy) is 3. The second-order valence-corrected chi connectivity index (χ2v) is 7.24. The highest BCUT2D eigenvalue weighted by molar-refractivity contribution is 5.91. The van der Waals surface area contributed by atoms with Crippen molar-refractivity contribution in [1.82, 2.24) is 0 Å². The Kier molecular flexibility index (Phi) is 6.88. The van der Waals surface area contributed by atoms with E-state index in [-0.39, 0.29) is 5.56 Å². The molecule has 2 aromatic carbocycles. The highest BCUT2D eigenvalue weighted by Crippen LogP contribution is 2.37. The van der Waals surface area contributed by atoms with Gasteiger partial charge in [-0.1, -0.05) is 0 Å². The molecule has 0 spiro atoms. The molecule has 34 heavy (non-hydrogen) atoms. The van der Waals surface area contributed by atoms with Crippen molar-refractivity contribution in [2.45, 2.75) is 30.7 Å². The molecule has 1 fully saturated rings. The van der Waals surface area contributed by atoms with Gasteiger partial charge in [0.1, 0.15) is 24.9 Å². The normalized spacial score (nSPS) is 24.4. The van der Waals surface area contributed by atoms with Crippen LogP contribution in [0.5, 0.6) is 34.5 Å². The molecule has 0 aromatic heterocycles. The quantitative estimate of drug-likeness (QED) is 0.178. The molecule has 0 bridgehead atoms. The molecular weight excluding hydrogens is 464 g/mol. The molecule has 14 heteroatoms. The Balaban J connectivity index is 1.71. The first kappa shape index (κ1) is 24.7. The summed E-state index contributed by atoms with van der Waals surface area (Å²) in [6.45, 7) is -0.749. The molecular formula is C20H20O14. The van der Waals surface area contributed by atoms with Gasteiger partial charge in [0.15, 0.2) is 46.9 Å². The number of carbonyl (C=O) groups excluding carboxylic acids is 2. The van der Waals surface area contributed by atoms with Crippen LogP contribution in [0.3, 0.4) is 0 Å². The van der Waals surface area contributed by atoms with E-state index in [9.17, 15) is 55.5 Å². The molecule has 9 N–H and O–H groups in total. The number of esters is 2. The fourth-order valence-corrected chi connectivity index (χ4v) is 3.07. The van der Waals surface area contributed by atoms with Crippen molar-refractivity contribution >= 4 is 11.9 Å². The SMILES string of the molecule is O=C(OC[C@@H]1O[C@@H](O)[C@@H](O)[C@@H](OC(=O)c2cc(O)c(O)c(O)c2)[C@@H]1O)c1cc(O)c(O)c(O)c1. The number of aromatic hydroxyl groups is 6. The fourth-order valence-electron chi connectivity index (χ4n) is 3.07. The van der Waals surface area contributed by atoms with Crippen molar-refractivity contribution in [3.05, 3.63) is 35.4 Å². The van der Waals surface area contributed by atoms with Crippen LogP contribution < -0.4 is 0 Å². The monoisotopic (exact) mass is 484 g/mol. The van der Waals surface area contributed by atoms with Crippen molar-refractivity contribution in [2.75, 3.05) is 6.61 Å². The third kappa shape index (κ3) is 4.84. The van der Waals surface area contributed by atoms with Gasteiger partial charge in [0.05, 0.1) is 11.1 Å². The fraction of sp³-hybridized carbons (Fsp3) is 0.300. The van der Waals surface area contributed by atoms with Crippen LogP contribution in [-0.4, -0.2) is 95.2 Å². The molecule has 2 aromatic rings. The van der Waals surface area contributed by atoms with Gasteiger partial charge < -0.3 is 60.2 Å². The molecule has 3 rings (SSSR count). The smallest absolute Gasteiger partial charge is 0.338 e. The van der Waals surface area contributed by atoms with Crippen molar-refractivity contribution in [3.8, 4) is 34.5 Å². The van der Waals surface area contributed by atoms with Crippen LogP contribution in [0.15, 0.2) is 24.3 Å². The Morgan fingerprint density at radius 3 is 1.65 bits per heavy atom.